The Hall–Kier alpha value is -1.49. The van der Waals surface area contributed by atoms with Crippen LogP contribution in [0.3, 0.4) is 0 Å². The summed E-state index contributed by atoms with van der Waals surface area (Å²) in [6.07, 6.45) is 3.52. The fraction of sp³-hybridized carbons (Fsp3) is 0.538. The van der Waals surface area contributed by atoms with Gasteiger partial charge in [0, 0.05) is 12.8 Å². The third kappa shape index (κ3) is 3.04. The molecule has 98 valence electrons. The van der Waals surface area contributed by atoms with E-state index in [1.807, 2.05) is 13.8 Å². The second-order valence-corrected chi connectivity index (χ2v) is 4.50. The van der Waals surface area contributed by atoms with Crippen LogP contribution in [0.1, 0.15) is 31.9 Å². The van der Waals surface area contributed by atoms with Crippen LogP contribution < -0.4 is 5.32 Å². The van der Waals surface area contributed by atoms with Gasteiger partial charge >= 0.3 is 0 Å². The molecule has 0 aromatic carbocycles. The normalized spacial score (nSPS) is 23.5. The summed E-state index contributed by atoms with van der Waals surface area (Å²) in [6.45, 7) is 4.35. The maximum absolute atomic E-state index is 13.0. The number of ether oxygens (including phenoxy) is 1. The molecule has 1 saturated carbocycles. The van der Waals surface area contributed by atoms with E-state index in [0.29, 0.717) is 12.2 Å². The zero-order chi connectivity index (χ0) is 13.1. The topological polar surface area (TPSA) is 51.2 Å². The van der Waals surface area contributed by atoms with E-state index in [-0.39, 0.29) is 24.0 Å². The first kappa shape index (κ1) is 13.0. The summed E-state index contributed by atoms with van der Waals surface area (Å²) in [5.41, 5.74) is 0.664. The highest BCUT2D eigenvalue weighted by atomic mass is 19.1. The van der Waals surface area contributed by atoms with Crippen molar-refractivity contribution >= 4 is 5.91 Å². The van der Waals surface area contributed by atoms with E-state index < -0.39 is 5.82 Å². The van der Waals surface area contributed by atoms with E-state index in [1.165, 1.54) is 6.07 Å². The summed E-state index contributed by atoms with van der Waals surface area (Å²) in [4.78, 5) is 15.6. The third-order valence-corrected chi connectivity index (χ3v) is 3.03. The molecule has 1 aromatic rings. The number of rotatable bonds is 5. The fourth-order valence-corrected chi connectivity index (χ4v) is 1.91. The van der Waals surface area contributed by atoms with Crippen LogP contribution in [0.25, 0.3) is 0 Å². The Bertz CT molecular complexity index is 439. The number of halogens is 1. The van der Waals surface area contributed by atoms with E-state index in [4.69, 9.17) is 4.74 Å². The van der Waals surface area contributed by atoms with Crippen LogP contribution in [0.5, 0.6) is 0 Å². The molecule has 18 heavy (non-hydrogen) atoms. The van der Waals surface area contributed by atoms with Crippen LogP contribution in [-0.2, 0) is 9.53 Å². The van der Waals surface area contributed by atoms with Crippen LogP contribution in [-0.4, -0.2) is 23.6 Å². The maximum atomic E-state index is 13.0. The lowest BCUT2D eigenvalue weighted by Gasteiger charge is -2.13. The second-order valence-electron chi connectivity index (χ2n) is 4.50. The van der Waals surface area contributed by atoms with Crippen LogP contribution in [0.2, 0.25) is 0 Å². The van der Waals surface area contributed by atoms with Gasteiger partial charge in [0.1, 0.15) is 5.82 Å². The number of nitrogens with one attached hydrogen (secondary N) is 1. The van der Waals surface area contributed by atoms with Crippen molar-refractivity contribution in [1.82, 2.24) is 10.3 Å². The van der Waals surface area contributed by atoms with Gasteiger partial charge in [-0.1, -0.05) is 0 Å². The van der Waals surface area contributed by atoms with Gasteiger partial charge in [-0.2, -0.15) is 0 Å². The first-order chi connectivity index (χ1) is 8.61. The summed E-state index contributed by atoms with van der Waals surface area (Å²) in [5, 5.41) is 2.85. The molecule has 4 nitrogen and oxygen atoms in total. The molecule has 0 radical (unpaired) electrons. The van der Waals surface area contributed by atoms with Gasteiger partial charge in [0.25, 0.3) is 0 Å². The fourth-order valence-electron chi connectivity index (χ4n) is 1.91. The molecule has 1 fully saturated rings. The summed E-state index contributed by atoms with van der Waals surface area (Å²) in [7, 11) is 0. The van der Waals surface area contributed by atoms with Gasteiger partial charge in [-0.3, -0.25) is 9.78 Å². The van der Waals surface area contributed by atoms with Gasteiger partial charge in [-0.05, 0) is 31.9 Å². The predicted octanol–water partition coefficient (Wildman–Crippen LogP) is 1.82. The first-order valence-corrected chi connectivity index (χ1v) is 6.14. The van der Waals surface area contributed by atoms with Crippen molar-refractivity contribution < 1.29 is 13.9 Å². The number of carbonyl (C=O) groups excluding carboxylic acids is 1. The molecule has 1 N–H and O–H groups in total. The molecule has 3 atom stereocenters. The highest BCUT2D eigenvalue weighted by Crippen LogP contribution is 2.34. The lowest BCUT2D eigenvalue weighted by atomic mass is 10.1. The highest BCUT2D eigenvalue weighted by Gasteiger charge is 2.44. The Labute approximate surface area is 106 Å². The minimum atomic E-state index is -0.396. The molecular formula is C13H17FN2O2. The van der Waals surface area contributed by atoms with Gasteiger partial charge < -0.3 is 10.1 Å². The number of hydrogen-bond donors (Lipinski definition) is 1. The maximum Gasteiger partial charge on any atom is 0.226 e. The van der Waals surface area contributed by atoms with Crippen molar-refractivity contribution in [2.24, 2.45) is 5.92 Å². The summed E-state index contributed by atoms with van der Waals surface area (Å²) >= 11 is 0. The third-order valence-electron chi connectivity index (χ3n) is 3.03. The number of carbonyl (C=O) groups is 1. The molecule has 0 bridgehead atoms. The van der Waals surface area contributed by atoms with Crippen LogP contribution in [0, 0.1) is 11.7 Å². The van der Waals surface area contributed by atoms with Crippen molar-refractivity contribution in [3.63, 3.8) is 0 Å². The Kier molecular flexibility index (Phi) is 3.91. The summed E-state index contributed by atoms with van der Waals surface area (Å²) in [6, 6.07) is 1.13. The van der Waals surface area contributed by atoms with Gasteiger partial charge in [-0.15, -0.1) is 0 Å². The number of hydrogen-bond acceptors (Lipinski definition) is 3. The first-order valence-electron chi connectivity index (χ1n) is 6.14. The van der Waals surface area contributed by atoms with Gasteiger partial charge in [-0.25, -0.2) is 4.39 Å². The Morgan fingerprint density at radius 2 is 2.44 bits per heavy atom. The molecule has 1 aliphatic carbocycles. The van der Waals surface area contributed by atoms with Crippen molar-refractivity contribution in [3.8, 4) is 0 Å². The van der Waals surface area contributed by atoms with E-state index in [2.05, 4.69) is 10.3 Å². The zero-order valence-electron chi connectivity index (χ0n) is 10.5. The molecule has 2 rings (SSSR count). The molecule has 0 saturated heterocycles. The Morgan fingerprint density at radius 3 is 3.11 bits per heavy atom. The molecule has 0 spiro atoms. The van der Waals surface area contributed by atoms with E-state index >= 15 is 0 Å². The summed E-state index contributed by atoms with van der Waals surface area (Å²) in [5.74, 6) is -0.494. The average Bonchev–Trinajstić information content (AvgIpc) is 3.09. The number of amides is 1. The Balaban J connectivity index is 1.88. The molecule has 1 amide bonds. The number of nitrogens with zero attached hydrogens (tertiary/aromatic N) is 1. The van der Waals surface area contributed by atoms with E-state index in [0.717, 1.165) is 12.6 Å². The summed E-state index contributed by atoms with van der Waals surface area (Å²) < 4.78 is 18.4. The smallest absolute Gasteiger partial charge is 0.226 e. The van der Waals surface area contributed by atoms with Crippen LogP contribution in [0.15, 0.2) is 18.5 Å². The monoisotopic (exact) mass is 252 g/mol. The van der Waals surface area contributed by atoms with Gasteiger partial charge in [0.15, 0.2) is 0 Å². The number of aromatic nitrogens is 1. The average molecular weight is 252 g/mol. The van der Waals surface area contributed by atoms with Crippen molar-refractivity contribution in [2.75, 3.05) is 6.61 Å². The lowest BCUT2D eigenvalue weighted by Crippen LogP contribution is -2.29. The van der Waals surface area contributed by atoms with Crippen molar-refractivity contribution in [1.29, 1.82) is 0 Å². The highest BCUT2D eigenvalue weighted by molar-refractivity contribution is 5.82. The predicted molar refractivity (Wildman–Crippen MR) is 64.3 cm³/mol. The van der Waals surface area contributed by atoms with E-state index in [1.54, 1.807) is 6.20 Å². The largest absolute Gasteiger partial charge is 0.378 e. The molecule has 5 heteroatoms. The molecule has 3 unspecified atom stereocenters. The SMILES string of the molecule is CCOC1CC1C(=O)NC(C)c1cncc(F)c1. The van der Waals surface area contributed by atoms with Crippen LogP contribution >= 0.6 is 0 Å². The molecule has 1 aromatic heterocycles. The standard InChI is InChI=1S/C13H17FN2O2/c1-3-18-12-5-11(12)13(17)16-8(2)9-4-10(14)7-15-6-9/h4,6-8,11-12H,3,5H2,1-2H3,(H,16,17). The van der Waals surface area contributed by atoms with Crippen molar-refractivity contribution in [2.45, 2.75) is 32.4 Å². The van der Waals surface area contributed by atoms with Crippen molar-refractivity contribution in [3.05, 3.63) is 29.8 Å². The Morgan fingerprint density at radius 1 is 1.67 bits per heavy atom. The van der Waals surface area contributed by atoms with Gasteiger partial charge in [0.2, 0.25) is 5.91 Å². The molecule has 1 heterocycles. The lowest BCUT2D eigenvalue weighted by molar-refractivity contribution is -0.123. The second kappa shape index (κ2) is 5.44. The zero-order valence-corrected chi connectivity index (χ0v) is 10.5. The molecule has 1 aliphatic rings. The minimum Gasteiger partial charge on any atom is -0.378 e. The molecule has 0 aliphatic heterocycles. The van der Waals surface area contributed by atoms with E-state index in [9.17, 15) is 9.18 Å². The quantitative estimate of drug-likeness (QED) is 0.869. The van der Waals surface area contributed by atoms with Gasteiger partial charge in [0.05, 0.1) is 24.3 Å². The molecular weight excluding hydrogens is 235 g/mol. The minimum absolute atomic E-state index is 0.0368. The number of pyridine rings is 1. The van der Waals surface area contributed by atoms with Crippen LogP contribution in [0.4, 0.5) is 4.39 Å².